The lowest BCUT2D eigenvalue weighted by molar-refractivity contribution is 0.102. The predicted octanol–water partition coefficient (Wildman–Crippen LogP) is 4.27. The molecule has 0 saturated carbocycles. The second kappa shape index (κ2) is 9.07. The van der Waals surface area contributed by atoms with Crippen LogP contribution in [-0.4, -0.2) is 38.8 Å². The monoisotopic (exact) mass is 466 g/mol. The molecule has 1 aliphatic heterocycles. The molecule has 0 atom stereocenters. The van der Waals surface area contributed by atoms with E-state index in [1.807, 2.05) is 0 Å². The van der Waals surface area contributed by atoms with Crippen molar-refractivity contribution in [3.63, 3.8) is 0 Å². The van der Waals surface area contributed by atoms with Crippen LogP contribution in [0.5, 0.6) is 5.75 Å². The Morgan fingerprint density at radius 1 is 1.04 bits per heavy atom. The molecule has 0 bridgehead atoms. The fourth-order valence-corrected chi connectivity index (χ4v) is 4.98. The molecule has 2 aromatic rings. The Kier molecular flexibility index (Phi) is 6.74. The molecule has 6 nitrogen and oxygen atoms in total. The number of rotatable bonds is 5. The van der Waals surface area contributed by atoms with Gasteiger partial charge in [0.05, 0.1) is 17.7 Å². The van der Waals surface area contributed by atoms with E-state index in [2.05, 4.69) is 21.2 Å². The predicted molar refractivity (Wildman–Crippen MR) is 112 cm³/mol. The summed E-state index contributed by atoms with van der Waals surface area (Å²) in [6.45, 7) is 1.05. The number of benzene rings is 2. The summed E-state index contributed by atoms with van der Waals surface area (Å²) in [7, 11) is -2.14. The van der Waals surface area contributed by atoms with Gasteiger partial charge in [-0.05, 0) is 55.3 Å². The van der Waals surface area contributed by atoms with Crippen LogP contribution in [0.15, 0.2) is 51.8 Å². The van der Waals surface area contributed by atoms with Gasteiger partial charge in [-0.1, -0.05) is 28.8 Å². The summed E-state index contributed by atoms with van der Waals surface area (Å²) < 4.78 is 33.8. The number of ether oxygens (including phenoxy) is 1. The van der Waals surface area contributed by atoms with Crippen LogP contribution in [0.25, 0.3) is 0 Å². The standard InChI is InChI=1S/C20H23BrN2O4S/c1-27-19-11-10-17(28(25,26)23-12-4-2-3-5-13-23)14-18(19)22-20(24)15-6-8-16(21)9-7-15/h6-11,14H,2-5,12-13H2,1H3,(H,22,24). The molecule has 3 rings (SSSR count). The molecule has 0 aliphatic carbocycles. The van der Waals surface area contributed by atoms with E-state index in [-0.39, 0.29) is 10.8 Å². The fourth-order valence-electron chi connectivity index (χ4n) is 3.17. The second-order valence-electron chi connectivity index (χ2n) is 6.64. The molecule has 1 N–H and O–H groups in total. The zero-order chi connectivity index (χ0) is 20.1. The lowest BCUT2D eigenvalue weighted by atomic mass is 10.2. The van der Waals surface area contributed by atoms with Crippen molar-refractivity contribution in [3.05, 3.63) is 52.5 Å². The Balaban J connectivity index is 1.89. The Labute approximate surface area is 174 Å². The van der Waals surface area contributed by atoms with Crippen molar-refractivity contribution in [2.75, 3.05) is 25.5 Å². The van der Waals surface area contributed by atoms with E-state index in [1.165, 1.54) is 23.5 Å². The number of carbonyl (C=O) groups is 1. The van der Waals surface area contributed by atoms with Crippen LogP contribution in [0.4, 0.5) is 5.69 Å². The Bertz CT molecular complexity index is 937. The van der Waals surface area contributed by atoms with Gasteiger partial charge in [0.1, 0.15) is 5.75 Å². The van der Waals surface area contributed by atoms with E-state index in [1.54, 1.807) is 30.3 Å². The van der Waals surface area contributed by atoms with Gasteiger partial charge < -0.3 is 10.1 Å². The zero-order valence-electron chi connectivity index (χ0n) is 15.7. The number of hydrogen-bond acceptors (Lipinski definition) is 4. The highest BCUT2D eigenvalue weighted by molar-refractivity contribution is 9.10. The third kappa shape index (κ3) is 4.74. The molecule has 1 aliphatic rings. The van der Waals surface area contributed by atoms with Crippen LogP contribution in [0.1, 0.15) is 36.0 Å². The van der Waals surface area contributed by atoms with Gasteiger partial charge in [0, 0.05) is 23.1 Å². The molecule has 0 unspecified atom stereocenters. The molecule has 1 fully saturated rings. The first kappa shape index (κ1) is 20.8. The molecule has 0 radical (unpaired) electrons. The van der Waals surface area contributed by atoms with Crippen LogP contribution in [0.2, 0.25) is 0 Å². The van der Waals surface area contributed by atoms with Crippen molar-refractivity contribution in [2.45, 2.75) is 30.6 Å². The Hall–Kier alpha value is -1.90. The molecule has 8 heteroatoms. The maximum atomic E-state index is 13.1. The number of nitrogens with one attached hydrogen (secondary N) is 1. The van der Waals surface area contributed by atoms with E-state index >= 15 is 0 Å². The van der Waals surface area contributed by atoms with Crippen LogP contribution in [0, 0.1) is 0 Å². The number of amides is 1. The highest BCUT2D eigenvalue weighted by atomic mass is 79.9. The van der Waals surface area contributed by atoms with Crippen molar-refractivity contribution >= 4 is 37.5 Å². The van der Waals surface area contributed by atoms with E-state index in [0.29, 0.717) is 30.1 Å². The maximum absolute atomic E-state index is 13.1. The lowest BCUT2D eigenvalue weighted by Crippen LogP contribution is -2.32. The highest BCUT2D eigenvalue weighted by Crippen LogP contribution is 2.30. The van der Waals surface area contributed by atoms with Crippen molar-refractivity contribution in [2.24, 2.45) is 0 Å². The summed E-state index contributed by atoms with van der Waals surface area (Å²) in [6.07, 6.45) is 3.82. The third-order valence-electron chi connectivity index (χ3n) is 4.73. The number of nitrogens with zero attached hydrogens (tertiary/aromatic N) is 1. The first-order valence-corrected chi connectivity index (χ1v) is 11.4. The quantitative estimate of drug-likeness (QED) is 0.713. The summed E-state index contributed by atoms with van der Waals surface area (Å²) >= 11 is 3.34. The summed E-state index contributed by atoms with van der Waals surface area (Å²) in [5.74, 6) is 0.0652. The third-order valence-corrected chi connectivity index (χ3v) is 7.15. The molecule has 0 spiro atoms. The van der Waals surface area contributed by atoms with E-state index in [0.717, 1.165) is 30.2 Å². The van der Waals surface area contributed by atoms with E-state index in [4.69, 9.17) is 4.74 Å². The number of hydrogen-bond donors (Lipinski definition) is 1. The number of sulfonamides is 1. The van der Waals surface area contributed by atoms with Gasteiger partial charge in [0.2, 0.25) is 10.0 Å². The van der Waals surface area contributed by atoms with Gasteiger partial charge in [-0.2, -0.15) is 4.31 Å². The van der Waals surface area contributed by atoms with Gasteiger partial charge >= 0.3 is 0 Å². The number of halogens is 1. The molecule has 2 aromatic carbocycles. The average Bonchev–Trinajstić information content (AvgIpc) is 2.98. The largest absolute Gasteiger partial charge is 0.495 e. The molecular weight excluding hydrogens is 444 g/mol. The van der Waals surface area contributed by atoms with E-state index < -0.39 is 10.0 Å². The molecule has 1 heterocycles. The molecule has 150 valence electrons. The minimum absolute atomic E-state index is 0.154. The van der Waals surface area contributed by atoms with Crippen LogP contribution in [0.3, 0.4) is 0 Å². The zero-order valence-corrected chi connectivity index (χ0v) is 18.1. The first-order chi connectivity index (χ1) is 13.4. The average molecular weight is 467 g/mol. The van der Waals surface area contributed by atoms with Crippen molar-refractivity contribution in [1.29, 1.82) is 0 Å². The highest BCUT2D eigenvalue weighted by Gasteiger charge is 2.26. The van der Waals surface area contributed by atoms with Gasteiger partial charge in [-0.25, -0.2) is 8.42 Å². The summed E-state index contributed by atoms with van der Waals surface area (Å²) in [5.41, 5.74) is 0.789. The summed E-state index contributed by atoms with van der Waals surface area (Å²) in [6, 6.07) is 11.5. The molecule has 28 heavy (non-hydrogen) atoms. The Morgan fingerprint density at radius 2 is 1.68 bits per heavy atom. The van der Waals surface area contributed by atoms with Gasteiger partial charge in [0.15, 0.2) is 0 Å². The molecule has 1 amide bonds. The lowest BCUT2D eigenvalue weighted by Gasteiger charge is -2.21. The second-order valence-corrected chi connectivity index (χ2v) is 9.50. The molecule has 1 saturated heterocycles. The minimum Gasteiger partial charge on any atom is -0.495 e. The fraction of sp³-hybridized carbons (Fsp3) is 0.350. The van der Waals surface area contributed by atoms with Crippen molar-refractivity contribution < 1.29 is 17.9 Å². The number of carbonyl (C=O) groups excluding carboxylic acids is 1. The molecular formula is C20H23BrN2O4S. The summed E-state index contributed by atoms with van der Waals surface area (Å²) in [4.78, 5) is 12.7. The topological polar surface area (TPSA) is 75.7 Å². The van der Waals surface area contributed by atoms with Gasteiger partial charge in [-0.15, -0.1) is 0 Å². The molecule has 0 aromatic heterocycles. The first-order valence-electron chi connectivity index (χ1n) is 9.17. The number of methoxy groups -OCH3 is 1. The SMILES string of the molecule is COc1ccc(S(=O)(=O)N2CCCCCC2)cc1NC(=O)c1ccc(Br)cc1. The van der Waals surface area contributed by atoms with Crippen LogP contribution < -0.4 is 10.1 Å². The maximum Gasteiger partial charge on any atom is 0.255 e. The smallest absolute Gasteiger partial charge is 0.255 e. The van der Waals surface area contributed by atoms with E-state index in [9.17, 15) is 13.2 Å². The van der Waals surface area contributed by atoms with Crippen LogP contribution in [-0.2, 0) is 10.0 Å². The van der Waals surface area contributed by atoms with Crippen molar-refractivity contribution in [3.8, 4) is 5.75 Å². The van der Waals surface area contributed by atoms with Crippen molar-refractivity contribution in [1.82, 2.24) is 4.31 Å². The Morgan fingerprint density at radius 3 is 2.29 bits per heavy atom. The van der Waals surface area contributed by atoms with Gasteiger partial charge in [-0.3, -0.25) is 4.79 Å². The van der Waals surface area contributed by atoms with Gasteiger partial charge in [0.25, 0.3) is 5.91 Å². The summed E-state index contributed by atoms with van der Waals surface area (Å²) in [5, 5.41) is 2.76. The normalized spacial score (nSPS) is 15.6. The number of anilines is 1. The minimum atomic E-state index is -3.62. The van der Waals surface area contributed by atoms with Crippen LogP contribution >= 0.6 is 15.9 Å².